The fourth-order valence-corrected chi connectivity index (χ4v) is 2.27. The molecule has 0 aliphatic heterocycles. The Morgan fingerprint density at radius 3 is 2.43 bits per heavy atom. The lowest BCUT2D eigenvalue weighted by Crippen LogP contribution is -2.24. The van der Waals surface area contributed by atoms with Gasteiger partial charge < -0.3 is 19.9 Å². The Labute approximate surface area is 128 Å². The predicted octanol–water partition coefficient (Wildman–Crippen LogP) is 2.58. The molecule has 4 heteroatoms. The van der Waals surface area contributed by atoms with E-state index in [1.165, 1.54) is 5.56 Å². The van der Waals surface area contributed by atoms with E-state index >= 15 is 0 Å². The minimum absolute atomic E-state index is 0.263. The second-order valence-electron chi connectivity index (χ2n) is 5.48. The highest BCUT2D eigenvalue weighted by molar-refractivity contribution is 5.43. The molecule has 0 bridgehead atoms. The summed E-state index contributed by atoms with van der Waals surface area (Å²) in [4.78, 5) is 0. The number of unbranched alkanes of at least 4 members (excludes halogenated alkanes) is 1. The maximum atomic E-state index is 9.87. The minimum Gasteiger partial charge on any atom is -0.490 e. The molecule has 0 amide bonds. The number of nitrogens with one attached hydrogen (secondary N) is 1. The quantitative estimate of drug-likeness (QED) is 0.651. The molecule has 0 aliphatic rings. The number of aryl methyl sites for hydroxylation is 2. The average Bonchev–Trinajstić information content (AvgIpc) is 2.43. The molecular weight excluding hydrogens is 266 g/mol. The zero-order valence-corrected chi connectivity index (χ0v) is 13.7. The van der Waals surface area contributed by atoms with Crippen LogP contribution in [0.1, 0.15) is 36.5 Å². The van der Waals surface area contributed by atoms with E-state index in [0.29, 0.717) is 13.2 Å². The van der Waals surface area contributed by atoms with Gasteiger partial charge in [-0.3, -0.25) is 0 Å². The van der Waals surface area contributed by atoms with Crippen molar-refractivity contribution in [3.63, 3.8) is 0 Å². The fraction of sp³-hybridized carbons (Fsp3) is 0.647. The Bertz CT molecular complexity index is 397. The van der Waals surface area contributed by atoms with E-state index in [1.54, 1.807) is 0 Å². The van der Waals surface area contributed by atoms with Crippen molar-refractivity contribution in [2.75, 3.05) is 26.9 Å². The van der Waals surface area contributed by atoms with Crippen LogP contribution in [-0.2, 0) is 11.3 Å². The Kier molecular flexibility index (Phi) is 8.35. The zero-order chi connectivity index (χ0) is 15.7. The molecule has 0 fully saturated rings. The lowest BCUT2D eigenvalue weighted by Gasteiger charge is -2.17. The molecule has 1 aromatic carbocycles. The number of benzene rings is 1. The van der Waals surface area contributed by atoms with E-state index in [4.69, 9.17) is 9.47 Å². The minimum atomic E-state index is -0.586. The van der Waals surface area contributed by atoms with Crippen LogP contribution in [0.25, 0.3) is 0 Å². The first-order valence-corrected chi connectivity index (χ1v) is 7.71. The lowest BCUT2D eigenvalue weighted by molar-refractivity contribution is 0.0110. The molecule has 1 atom stereocenters. The molecule has 0 saturated heterocycles. The van der Waals surface area contributed by atoms with Gasteiger partial charge in [0, 0.05) is 13.2 Å². The largest absolute Gasteiger partial charge is 0.490 e. The number of aliphatic hydroxyl groups is 1. The number of hydrogen-bond acceptors (Lipinski definition) is 4. The van der Waals surface area contributed by atoms with Gasteiger partial charge in [0.15, 0.2) is 0 Å². The molecule has 4 nitrogen and oxygen atoms in total. The Hall–Kier alpha value is -1.10. The number of hydrogen-bond donors (Lipinski definition) is 2. The van der Waals surface area contributed by atoms with Crippen molar-refractivity contribution in [2.24, 2.45) is 0 Å². The van der Waals surface area contributed by atoms with Crippen LogP contribution in [0.15, 0.2) is 12.1 Å². The van der Waals surface area contributed by atoms with Crippen molar-refractivity contribution >= 4 is 0 Å². The molecule has 0 saturated carbocycles. The van der Waals surface area contributed by atoms with E-state index in [-0.39, 0.29) is 6.61 Å². The Morgan fingerprint density at radius 2 is 1.86 bits per heavy atom. The highest BCUT2D eigenvalue weighted by Crippen LogP contribution is 2.25. The van der Waals surface area contributed by atoms with Gasteiger partial charge >= 0.3 is 0 Å². The third-order valence-corrected chi connectivity index (χ3v) is 3.27. The summed E-state index contributed by atoms with van der Waals surface area (Å²) in [6, 6.07) is 4.23. The third kappa shape index (κ3) is 6.46. The Morgan fingerprint density at radius 1 is 1.19 bits per heavy atom. The molecule has 120 valence electrons. The normalized spacial score (nSPS) is 12.4. The monoisotopic (exact) mass is 295 g/mol. The number of rotatable bonds is 10. The van der Waals surface area contributed by atoms with Crippen LogP contribution in [0.3, 0.4) is 0 Å². The maximum absolute atomic E-state index is 9.87. The molecule has 1 aromatic rings. The Balaban J connectivity index is 2.47. The highest BCUT2D eigenvalue weighted by Gasteiger charge is 2.10. The van der Waals surface area contributed by atoms with E-state index < -0.39 is 6.10 Å². The summed E-state index contributed by atoms with van der Waals surface area (Å²) in [6.45, 7) is 8.32. The van der Waals surface area contributed by atoms with Crippen LogP contribution in [0, 0.1) is 13.8 Å². The summed E-state index contributed by atoms with van der Waals surface area (Å²) in [5, 5.41) is 13.0. The summed E-state index contributed by atoms with van der Waals surface area (Å²) in [7, 11) is 1.93. The van der Waals surface area contributed by atoms with Gasteiger partial charge in [-0.15, -0.1) is 0 Å². The molecule has 0 spiro atoms. The smallest absolute Gasteiger partial charge is 0.125 e. The van der Waals surface area contributed by atoms with Crippen molar-refractivity contribution in [3.05, 3.63) is 28.8 Å². The van der Waals surface area contributed by atoms with Gasteiger partial charge in [0.25, 0.3) is 0 Å². The van der Waals surface area contributed by atoms with E-state index in [1.807, 2.05) is 20.9 Å². The lowest BCUT2D eigenvalue weighted by atomic mass is 10.1. The van der Waals surface area contributed by atoms with Crippen molar-refractivity contribution < 1.29 is 14.6 Å². The van der Waals surface area contributed by atoms with E-state index in [2.05, 4.69) is 24.4 Å². The van der Waals surface area contributed by atoms with Gasteiger partial charge in [-0.25, -0.2) is 0 Å². The number of aliphatic hydroxyl groups excluding tert-OH is 1. The zero-order valence-electron chi connectivity index (χ0n) is 13.7. The van der Waals surface area contributed by atoms with E-state index in [0.717, 1.165) is 36.3 Å². The average molecular weight is 295 g/mol. The summed E-state index contributed by atoms with van der Waals surface area (Å²) in [6.07, 6.45) is 1.54. The van der Waals surface area contributed by atoms with Crippen LogP contribution in [0.5, 0.6) is 5.75 Å². The topological polar surface area (TPSA) is 50.7 Å². The number of ether oxygens (including phenoxy) is 2. The van der Waals surface area contributed by atoms with Crippen molar-refractivity contribution in [3.8, 4) is 5.75 Å². The second-order valence-corrected chi connectivity index (χ2v) is 5.48. The molecule has 0 aromatic heterocycles. The van der Waals surface area contributed by atoms with Gasteiger partial charge in [-0.2, -0.15) is 0 Å². The molecule has 2 N–H and O–H groups in total. The molecule has 0 aliphatic carbocycles. The van der Waals surface area contributed by atoms with Gasteiger partial charge in [0.1, 0.15) is 18.5 Å². The first-order chi connectivity index (χ1) is 10.1. The SMILES string of the molecule is CCCCOCC(O)COc1c(C)cc(CNC)cc1C. The fourth-order valence-electron chi connectivity index (χ4n) is 2.27. The predicted molar refractivity (Wildman–Crippen MR) is 85.9 cm³/mol. The summed E-state index contributed by atoms with van der Waals surface area (Å²) >= 11 is 0. The van der Waals surface area contributed by atoms with Crippen molar-refractivity contribution in [2.45, 2.75) is 46.3 Å². The van der Waals surface area contributed by atoms with Gasteiger partial charge in [0.2, 0.25) is 0 Å². The molecule has 1 rings (SSSR count). The van der Waals surface area contributed by atoms with Crippen LogP contribution in [0.2, 0.25) is 0 Å². The summed E-state index contributed by atoms with van der Waals surface area (Å²) < 4.78 is 11.2. The molecule has 0 heterocycles. The van der Waals surface area contributed by atoms with Crippen molar-refractivity contribution in [1.82, 2.24) is 5.32 Å². The molecule has 0 radical (unpaired) electrons. The third-order valence-electron chi connectivity index (χ3n) is 3.27. The van der Waals surface area contributed by atoms with Crippen LogP contribution >= 0.6 is 0 Å². The second kappa shape index (κ2) is 9.77. The maximum Gasteiger partial charge on any atom is 0.125 e. The van der Waals surface area contributed by atoms with Gasteiger partial charge in [0.05, 0.1) is 6.61 Å². The highest BCUT2D eigenvalue weighted by atomic mass is 16.5. The summed E-state index contributed by atoms with van der Waals surface area (Å²) in [5.74, 6) is 0.863. The first-order valence-electron chi connectivity index (χ1n) is 7.71. The van der Waals surface area contributed by atoms with Gasteiger partial charge in [-0.1, -0.05) is 25.5 Å². The van der Waals surface area contributed by atoms with Gasteiger partial charge in [-0.05, 0) is 44.0 Å². The van der Waals surface area contributed by atoms with Crippen molar-refractivity contribution in [1.29, 1.82) is 0 Å². The summed E-state index contributed by atoms with van der Waals surface area (Å²) in [5.41, 5.74) is 3.43. The first kappa shape index (κ1) is 18.0. The van der Waals surface area contributed by atoms with Crippen LogP contribution in [-0.4, -0.2) is 38.1 Å². The van der Waals surface area contributed by atoms with Crippen LogP contribution < -0.4 is 10.1 Å². The molecule has 21 heavy (non-hydrogen) atoms. The van der Waals surface area contributed by atoms with E-state index in [9.17, 15) is 5.11 Å². The van der Waals surface area contributed by atoms with Crippen LogP contribution in [0.4, 0.5) is 0 Å². The molecule has 1 unspecified atom stereocenters. The standard InChI is InChI=1S/C17H29NO3/c1-5-6-7-20-11-16(19)12-21-17-13(2)8-15(10-18-4)9-14(17)3/h8-9,16,18-19H,5-7,10-12H2,1-4H3. The molecular formula is C17H29NO3.